The molecule has 0 aliphatic carbocycles. The van der Waals surface area contributed by atoms with Gasteiger partial charge in [0, 0.05) is 12.8 Å². The quantitative estimate of drug-likeness (QED) is 0.122. The predicted molar refractivity (Wildman–Crippen MR) is 130 cm³/mol. The third-order valence-electron chi connectivity index (χ3n) is 5.36. The van der Waals surface area contributed by atoms with Crippen LogP contribution in [0.3, 0.4) is 0 Å². The first-order valence-corrected chi connectivity index (χ1v) is 11.4. The van der Waals surface area contributed by atoms with Crippen molar-refractivity contribution in [1.82, 2.24) is 16.0 Å². The molecule has 1 rings (SSSR count). The van der Waals surface area contributed by atoms with Gasteiger partial charge in [-0.3, -0.25) is 24.0 Å². The van der Waals surface area contributed by atoms with Crippen LogP contribution in [0.2, 0.25) is 0 Å². The summed E-state index contributed by atoms with van der Waals surface area (Å²) in [5.41, 5.74) is 16.6. The molecule has 37 heavy (non-hydrogen) atoms. The maximum atomic E-state index is 13.0. The van der Waals surface area contributed by atoms with E-state index in [1.165, 1.54) is 24.3 Å². The summed E-state index contributed by atoms with van der Waals surface area (Å²) in [6, 6.07) is 0.353. The second-order valence-corrected chi connectivity index (χ2v) is 8.84. The molecular formula is C23H34N6O8. The Balaban J connectivity index is 3.18. The fourth-order valence-corrected chi connectivity index (χ4v) is 3.15. The van der Waals surface area contributed by atoms with Crippen molar-refractivity contribution in [2.24, 2.45) is 23.1 Å². The number of carbonyl (C=O) groups is 6. The highest BCUT2D eigenvalue weighted by atomic mass is 16.4. The Hall–Kier alpha value is -4.20. The Labute approximate surface area is 213 Å². The Morgan fingerprint density at radius 3 is 1.81 bits per heavy atom. The lowest BCUT2D eigenvalue weighted by atomic mass is 10.0. The number of phenolic OH excluding ortho intramolecular Hbond substituents is 1. The molecule has 1 aromatic rings. The summed E-state index contributed by atoms with van der Waals surface area (Å²) in [5.74, 6) is -5.99. The number of aliphatic carboxylic acids is 1. The van der Waals surface area contributed by atoms with Crippen molar-refractivity contribution < 1.29 is 39.0 Å². The molecule has 11 N–H and O–H groups in total. The number of hydrogen-bond donors (Lipinski definition) is 8. The van der Waals surface area contributed by atoms with Gasteiger partial charge in [-0.1, -0.05) is 26.0 Å². The summed E-state index contributed by atoms with van der Waals surface area (Å²) in [7, 11) is 0. The SMILES string of the molecule is CC(C)C(N)C(=O)NC(CC(N)=O)C(=O)NC(Cc1ccc(O)cc1)C(=O)NC(CCC(N)=O)C(=O)O. The Kier molecular flexibility index (Phi) is 12.0. The van der Waals surface area contributed by atoms with Crippen molar-refractivity contribution >= 4 is 35.5 Å². The van der Waals surface area contributed by atoms with Crippen molar-refractivity contribution in [3.63, 3.8) is 0 Å². The van der Waals surface area contributed by atoms with Crippen molar-refractivity contribution in [3.8, 4) is 5.75 Å². The molecular weight excluding hydrogens is 488 g/mol. The van der Waals surface area contributed by atoms with Gasteiger partial charge in [-0.25, -0.2) is 4.79 Å². The topological polar surface area (TPSA) is 257 Å². The van der Waals surface area contributed by atoms with E-state index < -0.39 is 66.1 Å². The Morgan fingerprint density at radius 2 is 1.32 bits per heavy atom. The van der Waals surface area contributed by atoms with Gasteiger partial charge in [0.2, 0.25) is 29.5 Å². The number of primary amides is 2. The molecule has 0 aromatic heterocycles. The van der Waals surface area contributed by atoms with E-state index >= 15 is 0 Å². The molecule has 4 atom stereocenters. The average molecular weight is 523 g/mol. The number of aromatic hydroxyl groups is 1. The van der Waals surface area contributed by atoms with Crippen LogP contribution in [0, 0.1) is 5.92 Å². The molecule has 0 saturated heterocycles. The van der Waals surface area contributed by atoms with Crippen LogP contribution in [-0.4, -0.2) is 69.9 Å². The molecule has 0 heterocycles. The normalized spacial score (nSPS) is 14.1. The van der Waals surface area contributed by atoms with E-state index in [1.807, 2.05) is 0 Å². The minimum atomic E-state index is -1.48. The van der Waals surface area contributed by atoms with Gasteiger partial charge < -0.3 is 43.4 Å². The lowest BCUT2D eigenvalue weighted by Crippen LogP contribution is -2.58. The zero-order chi connectivity index (χ0) is 28.3. The summed E-state index contributed by atoms with van der Waals surface area (Å²) >= 11 is 0. The van der Waals surface area contributed by atoms with Crippen molar-refractivity contribution in [1.29, 1.82) is 0 Å². The zero-order valence-electron chi connectivity index (χ0n) is 20.6. The molecule has 204 valence electrons. The van der Waals surface area contributed by atoms with Gasteiger partial charge in [-0.15, -0.1) is 0 Å². The Morgan fingerprint density at radius 1 is 0.811 bits per heavy atom. The third-order valence-corrected chi connectivity index (χ3v) is 5.36. The van der Waals surface area contributed by atoms with Crippen LogP contribution in [0.4, 0.5) is 0 Å². The molecule has 14 nitrogen and oxygen atoms in total. The molecule has 0 aliphatic heterocycles. The van der Waals surface area contributed by atoms with Crippen LogP contribution in [0.25, 0.3) is 0 Å². The maximum Gasteiger partial charge on any atom is 0.326 e. The number of carbonyl (C=O) groups excluding carboxylic acids is 5. The van der Waals surface area contributed by atoms with E-state index in [1.54, 1.807) is 13.8 Å². The monoisotopic (exact) mass is 522 g/mol. The van der Waals surface area contributed by atoms with Crippen LogP contribution >= 0.6 is 0 Å². The molecule has 0 aliphatic rings. The first-order chi connectivity index (χ1) is 17.2. The second kappa shape index (κ2) is 14.4. The summed E-state index contributed by atoms with van der Waals surface area (Å²) < 4.78 is 0. The highest BCUT2D eigenvalue weighted by Crippen LogP contribution is 2.12. The summed E-state index contributed by atoms with van der Waals surface area (Å²) in [5, 5.41) is 25.9. The number of hydrogen-bond acceptors (Lipinski definition) is 8. The molecule has 5 amide bonds. The van der Waals surface area contributed by atoms with Gasteiger partial charge in [0.15, 0.2) is 0 Å². The zero-order valence-corrected chi connectivity index (χ0v) is 20.6. The molecule has 0 bridgehead atoms. The van der Waals surface area contributed by atoms with E-state index in [9.17, 15) is 39.0 Å². The number of amides is 5. The number of benzene rings is 1. The number of phenols is 1. The highest BCUT2D eigenvalue weighted by Gasteiger charge is 2.31. The lowest BCUT2D eigenvalue weighted by Gasteiger charge is -2.25. The first-order valence-electron chi connectivity index (χ1n) is 11.4. The molecule has 0 saturated carbocycles. The minimum Gasteiger partial charge on any atom is -0.508 e. The van der Waals surface area contributed by atoms with Crippen LogP contribution in [0.1, 0.15) is 38.7 Å². The van der Waals surface area contributed by atoms with Gasteiger partial charge in [0.05, 0.1) is 12.5 Å². The molecule has 0 fully saturated rings. The average Bonchev–Trinajstić information content (AvgIpc) is 2.80. The second-order valence-electron chi connectivity index (χ2n) is 8.84. The fraction of sp³-hybridized carbons (Fsp3) is 0.478. The van der Waals surface area contributed by atoms with Crippen LogP contribution in [0.15, 0.2) is 24.3 Å². The lowest BCUT2D eigenvalue weighted by molar-refractivity contribution is -0.142. The van der Waals surface area contributed by atoms with Gasteiger partial charge in [-0.05, 0) is 30.0 Å². The standard InChI is InChI=1S/C23H34N6O8/c1-11(2)19(26)22(35)29-16(10-18(25)32)21(34)28-15(9-12-3-5-13(30)6-4-12)20(33)27-14(23(36)37)7-8-17(24)31/h3-6,11,14-16,19,30H,7-10,26H2,1-2H3,(H2,24,31)(H2,25,32)(H,27,33)(H,28,34)(H,29,35)(H,36,37). The smallest absolute Gasteiger partial charge is 0.326 e. The van der Waals surface area contributed by atoms with Gasteiger partial charge >= 0.3 is 5.97 Å². The van der Waals surface area contributed by atoms with Gasteiger partial charge in [0.25, 0.3) is 0 Å². The van der Waals surface area contributed by atoms with E-state index in [0.717, 1.165) is 0 Å². The molecule has 0 radical (unpaired) electrons. The molecule has 1 aromatic carbocycles. The number of rotatable bonds is 15. The van der Waals surface area contributed by atoms with Crippen LogP contribution < -0.4 is 33.2 Å². The molecule has 14 heteroatoms. The number of carboxylic acids is 1. The number of nitrogens with one attached hydrogen (secondary N) is 3. The number of carboxylic acid groups (broad SMARTS) is 1. The van der Waals surface area contributed by atoms with Crippen LogP contribution in [-0.2, 0) is 35.2 Å². The summed E-state index contributed by atoms with van der Waals surface area (Å²) in [6.07, 6.45) is -1.34. The minimum absolute atomic E-state index is 0.0445. The van der Waals surface area contributed by atoms with E-state index in [4.69, 9.17) is 17.2 Å². The molecule has 0 spiro atoms. The summed E-state index contributed by atoms with van der Waals surface area (Å²) in [6.45, 7) is 3.37. The van der Waals surface area contributed by atoms with E-state index in [-0.39, 0.29) is 30.9 Å². The van der Waals surface area contributed by atoms with Gasteiger partial charge in [0.1, 0.15) is 23.9 Å². The maximum absolute atomic E-state index is 13.0. The van der Waals surface area contributed by atoms with Crippen LogP contribution in [0.5, 0.6) is 5.75 Å². The van der Waals surface area contributed by atoms with Crippen molar-refractivity contribution in [3.05, 3.63) is 29.8 Å². The molecule has 4 unspecified atom stereocenters. The predicted octanol–water partition coefficient (Wildman–Crippen LogP) is -2.40. The summed E-state index contributed by atoms with van der Waals surface area (Å²) in [4.78, 5) is 72.6. The van der Waals surface area contributed by atoms with E-state index in [2.05, 4.69) is 16.0 Å². The largest absolute Gasteiger partial charge is 0.508 e. The van der Waals surface area contributed by atoms with Crippen molar-refractivity contribution in [2.45, 2.75) is 63.7 Å². The van der Waals surface area contributed by atoms with E-state index in [0.29, 0.717) is 5.56 Å². The van der Waals surface area contributed by atoms with Crippen molar-refractivity contribution in [2.75, 3.05) is 0 Å². The number of nitrogens with two attached hydrogens (primary N) is 3. The Bertz CT molecular complexity index is 997. The highest BCUT2D eigenvalue weighted by molar-refractivity contribution is 5.96. The third kappa shape index (κ3) is 10.9. The first kappa shape index (κ1) is 30.8. The van der Waals surface area contributed by atoms with Gasteiger partial charge in [-0.2, -0.15) is 0 Å². The fourth-order valence-electron chi connectivity index (χ4n) is 3.15.